The van der Waals surface area contributed by atoms with E-state index < -0.39 is 39.8 Å². The second kappa shape index (κ2) is 6.05. The standard InChI is InChI=1S/C11H13ClF4N2OS/c1-10(2,3)20(19)18-9(11(14,15)16)8-7(13)4-6(12)5-17-8/h4-5,9,18H,1-3H3/t9-,20+/m1/s1. The van der Waals surface area contributed by atoms with Crippen LogP contribution >= 0.6 is 11.6 Å². The van der Waals surface area contributed by atoms with E-state index in [0.717, 1.165) is 12.3 Å². The van der Waals surface area contributed by atoms with Gasteiger partial charge in [0.2, 0.25) is 0 Å². The SMILES string of the molecule is CC(C)(C)[S@+]([O-])N[C@H](c1ncc(Cl)cc1F)C(F)(F)F. The summed E-state index contributed by atoms with van der Waals surface area (Å²) in [5, 5.41) is -0.121. The molecule has 9 heteroatoms. The monoisotopic (exact) mass is 332 g/mol. The largest absolute Gasteiger partial charge is 0.598 e. The fourth-order valence-corrected chi connectivity index (χ4v) is 2.16. The lowest BCUT2D eigenvalue weighted by Gasteiger charge is -2.28. The van der Waals surface area contributed by atoms with Crippen molar-refractivity contribution in [2.45, 2.75) is 37.7 Å². The van der Waals surface area contributed by atoms with E-state index in [1.54, 1.807) is 0 Å². The molecular formula is C11H13ClF4N2OS. The summed E-state index contributed by atoms with van der Waals surface area (Å²) >= 11 is 3.41. The number of alkyl halides is 3. The van der Waals surface area contributed by atoms with E-state index in [-0.39, 0.29) is 5.02 Å². The summed E-state index contributed by atoms with van der Waals surface area (Å²) in [4.78, 5) is 3.36. The molecule has 20 heavy (non-hydrogen) atoms. The number of nitrogens with zero attached hydrogens (tertiary/aromatic N) is 1. The Morgan fingerprint density at radius 1 is 1.35 bits per heavy atom. The molecule has 0 bridgehead atoms. The van der Waals surface area contributed by atoms with Crippen molar-refractivity contribution in [1.82, 2.24) is 9.71 Å². The molecule has 1 rings (SSSR count). The van der Waals surface area contributed by atoms with Gasteiger partial charge in [-0.15, -0.1) is 4.72 Å². The summed E-state index contributed by atoms with van der Waals surface area (Å²) < 4.78 is 65.3. The van der Waals surface area contributed by atoms with E-state index in [0.29, 0.717) is 0 Å². The van der Waals surface area contributed by atoms with Crippen molar-refractivity contribution in [3.05, 3.63) is 28.8 Å². The quantitative estimate of drug-likeness (QED) is 0.680. The minimum atomic E-state index is -4.84. The zero-order valence-corrected chi connectivity index (χ0v) is 12.5. The van der Waals surface area contributed by atoms with Crippen molar-refractivity contribution >= 4 is 23.0 Å². The highest BCUT2D eigenvalue weighted by molar-refractivity contribution is 7.90. The molecule has 0 fully saturated rings. The van der Waals surface area contributed by atoms with E-state index in [9.17, 15) is 22.1 Å². The van der Waals surface area contributed by atoms with Crippen molar-refractivity contribution in [3.63, 3.8) is 0 Å². The van der Waals surface area contributed by atoms with Gasteiger partial charge in [0.05, 0.1) is 5.02 Å². The van der Waals surface area contributed by atoms with Crippen LogP contribution in [0.15, 0.2) is 12.3 Å². The highest BCUT2D eigenvalue weighted by Crippen LogP contribution is 2.35. The van der Waals surface area contributed by atoms with Crippen molar-refractivity contribution in [2.24, 2.45) is 0 Å². The van der Waals surface area contributed by atoms with E-state index in [1.807, 2.05) is 4.72 Å². The van der Waals surface area contributed by atoms with Crippen LogP contribution in [0.3, 0.4) is 0 Å². The van der Waals surface area contributed by atoms with E-state index in [2.05, 4.69) is 4.98 Å². The van der Waals surface area contributed by atoms with Gasteiger partial charge in [0.1, 0.15) is 16.3 Å². The third-order valence-electron chi connectivity index (χ3n) is 2.22. The number of halogens is 5. The summed E-state index contributed by atoms with van der Waals surface area (Å²) in [5.41, 5.74) is -0.889. The lowest BCUT2D eigenvalue weighted by molar-refractivity contribution is -0.154. The molecule has 1 N–H and O–H groups in total. The molecule has 0 aliphatic rings. The number of nitrogens with one attached hydrogen (secondary N) is 1. The molecule has 0 amide bonds. The molecule has 114 valence electrons. The Morgan fingerprint density at radius 2 is 1.90 bits per heavy atom. The number of hydrogen-bond donors (Lipinski definition) is 1. The second-order valence-electron chi connectivity index (χ2n) is 4.99. The number of aromatic nitrogens is 1. The van der Waals surface area contributed by atoms with Crippen molar-refractivity contribution < 1.29 is 22.1 Å². The first-order valence-electron chi connectivity index (χ1n) is 5.48. The van der Waals surface area contributed by atoms with Gasteiger partial charge in [-0.1, -0.05) is 11.6 Å². The average molecular weight is 333 g/mol. The van der Waals surface area contributed by atoms with Gasteiger partial charge in [-0.2, -0.15) is 13.2 Å². The number of rotatable bonds is 3. The molecule has 0 aliphatic carbocycles. The molecule has 2 atom stereocenters. The Morgan fingerprint density at radius 3 is 2.30 bits per heavy atom. The zero-order valence-electron chi connectivity index (χ0n) is 10.9. The summed E-state index contributed by atoms with van der Waals surface area (Å²) in [5.74, 6) is -1.21. The molecule has 0 saturated heterocycles. The predicted molar refractivity (Wildman–Crippen MR) is 69.0 cm³/mol. The first-order chi connectivity index (χ1) is 8.93. The van der Waals surface area contributed by atoms with Crippen LogP contribution in [0.2, 0.25) is 5.02 Å². The minimum Gasteiger partial charge on any atom is -0.598 e. The maximum absolute atomic E-state index is 13.6. The van der Waals surface area contributed by atoms with E-state index in [4.69, 9.17) is 11.6 Å². The fraction of sp³-hybridized carbons (Fsp3) is 0.545. The third kappa shape index (κ3) is 4.47. The summed E-state index contributed by atoms with van der Waals surface area (Å²) in [7, 11) is 0. The Labute approximate surface area is 122 Å². The van der Waals surface area contributed by atoms with Crippen molar-refractivity contribution in [1.29, 1.82) is 0 Å². The molecule has 0 radical (unpaired) electrons. The topological polar surface area (TPSA) is 48.0 Å². The summed E-state index contributed by atoms with van der Waals surface area (Å²) in [6.45, 7) is 4.49. The molecular weight excluding hydrogens is 320 g/mol. The molecule has 0 saturated carbocycles. The molecule has 0 spiro atoms. The fourth-order valence-electron chi connectivity index (χ4n) is 1.20. The minimum absolute atomic E-state index is 0.121. The number of pyridine rings is 1. The van der Waals surface area contributed by atoms with Crippen LogP contribution in [0.25, 0.3) is 0 Å². The van der Waals surface area contributed by atoms with Crippen molar-refractivity contribution in [3.8, 4) is 0 Å². The van der Waals surface area contributed by atoms with Gasteiger partial charge >= 0.3 is 6.18 Å². The van der Waals surface area contributed by atoms with Crippen LogP contribution in [0.5, 0.6) is 0 Å². The van der Waals surface area contributed by atoms with Crippen LogP contribution in [0.4, 0.5) is 17.6 Å². The Bertz CT molecular complexity index is 478. The lowest BCUT2D eigenvalue weighted by Crippen LogP contribution is -2.46. The Kier molecular flexibility index (Phi) is 5.29. The molecule has 3 nitrogen and oxygen atoms in total. The molecule has 1 aromatic heterocycles. The molecule has 0 aliphatic heterocycles. The molecule has 1 heterocycles. The zero-order chi connectivity index (χ0) is 15.7. The molecule has 0 unspecified atom stereocenters. The Balaban J connectivity index is 3.14. The van der Waals surface area contributed by atoms with Gasteiger partial charge in [-0.05, 0) is 26.8 Å². The van der Waals surface area contributed by atoms with Crippen LogP contribution < -0.4 is 4.72 Å². The first kappa shape index (κ1) is 17.5. The van der Waals surface area contributed by atoms with Crippen molar-refractivity contribution in [2.75, 3.05) is 0 Å². The number of hydrogen-bond acceptors (Lipinski definition) is 3. The summed E-state index contributed by atoms with van der Waals surface area (Å²) in [6.07, 6.45) is -3.94. The first-order valence-corrected chi connectivity index (χ1v) is 7.01. The van der Waals surface area contributed by atoms with Gasteiger partial charge < -0.3 is 4.55 Å². The molecule has 1 aromatic rings. The lowest BCUT2D eigenvalue weighted by atomic mass is 10.2. The van der Waals surface area contributed by atoms with Crippen LogP contribution in [-0.4, -0.2) is 20.5 Å². The van der Waals surface area contributed by atoms with Gasteiger partial charge in [-0.25, -0.2) is 4.39 Å². The third-order valence-corrected chi connectivity index (χ3v) is 3.99. The second-order valence-corrected chi connectivity index (χ2v) is 7.43. The maximum atomic E-state index is 13.6. The van der Waals surface area contributed by atoms with E-state index >= 15 is 0 Å². The van der Waals surface area contributed by atoms with E-state index in [1.165, 1.54) is 20.8 Å². The van der Waals surface area contributed by atoms with Crippen LogP contribution in [0.1, 0.15) is 32.5 Å². The van der Waals surface area contributed by atoms with Gasteiger partial charge in [-0.3, -0.25) is 4.98 Å². The predicted octanol–water partition coefficient (Wildman–Crippen LogP) is 3.53. The maximum Gasteiger partial charge on any atom is 0.413 e. The smallest absolute Gasteiger partial charge is 0.413 e. The summed E-state index contributed by atoms with van der Waals surface area (Å²) in [6, 6.07) is -1.75. The molecule has 0 aromatic carbocycles. The average Bonchev–Trinajstić information content (AvgIpc) is 2.23. The highest BCUT2D eigenvalue weighted by Gasteiger charge is 2.47. The van der Waals surface area contributed by atoms with Crippen LogP contribution in [-0.2, 0) is 11.4 Å². The van der Waals surface area contributed by atoms with Crippen LogP contribution in [0, 0.1) is 5.82 Å². The van der Waals surface area contributed by atoms with Gasteiger partial charge in [0.25, 0.3) is 0 Å². The highest BCUT2D eigenvalue weighted by atomic mass is 35.5. The van der Waals surface area contributed by atoms with Gasteiger partial charge in [0.15, 0.2) is 6.04 Å². The van der Waals surface area contributed by atoms with Gasteiger partial charge in [0, 0.05) is 17.6 Å². The normalized spacial score (nSPS) is 16.1. The Hall–Kier alpha value is -0.570.